The lowest BCUT2D eigenvalue weighted by molar-refractivity contribution is -0.139. The molecule has 0 aromatic carbocycles. The number of aromatic nitrogens is 1. The number of anilines is 2. The number of aryl methyl sites for hydroxylation is 1. The van der Waals surface area contributed by atoms with E-state index in [1.54, 1.807) is 6.92 Å². The second-order valence-corrected chi connectivity index (χ2v) is 5.74. The smallest absolute Gasteiger partial charge is 0.325 e. The molecule has 0 aliphatic rings. The van der Waals surface area contributed by atoms with Crippen molar-refractivity contribution < 1.29 is 17.9 Å². The first kappa shape index (κ1) is 14.2. The molecule has 1 aromatic heterocycles. The Balaban J connectivity index is 2.95. The maximum atomic E-state index is 11.8. The minimum atomic E-state index is -3.88. The summed E-state index contributed by atoms with van der Waals surface area (Å²) >= 11 is 0. The summed E-state index contributed by atoms with van der Waals surface area (Å²) in [5.41, 5.74) is 6.71. The normalized spacial score (nSPS) is 12.8. The fourth-order valence-electron chi connectivity index (χ4n) is 1.15. The van der Waals surface area contributed by atoms with Crippen molar-refractivity contribution in [3.63, 3.8) is 0 Å². The van der Waals surface area contributed by atoms with Gasteiger partial charge in [0, 0.05) is 0 Å². The van der Waals surface area contributed by atoms with Crippen LogP contribution in [-0.4, -0.2) is 31.7 Å². The van der Waals surface area contributed by atoms with Gasteiger partial charge in [0.1, 0.15) is 5.82 Å². The topological polar surface area (TPSA) is 111 Å². The molecule has 0 aliphatic heterocycles. The third-order valence-electron chi connectivity index (χ3n) is 2.40. The highest BCUT2D eigenvalue weighted by atomic mass is 32.2. The van der Waals surface area contributed by atoms with Crippen LogP contribution in [0.15, 0.2) is 12.3 Å². The average molecular weight is 273 g/mol. The third kappa shape index (κ3) is 3.10. The summed E-state index contributed by atoms with van der Waals surface area (Å²) in [6, 6.07) is 1.48. The van der Waals surface area contributed by atoms with E-state index in [4.69, 9.17) is 5.73 Å². The zero-order valence-corrected chi connectivity index (χ0v) is 11.1. The number of pyridine rings is 1. The molecule has 0 saturated heterocycles. The van der Waals surface area contributed by atoms with Gasteiger partial charge in [-0.1, -0.05) is 0 Å². The Kier molecular flexibility index (Phi) is 4.12. The molecule has 0 radical (unpaired) electrons. The second kappa shape index (κ2) is 5.21. The van der Waals surface area contributed by atoms with Gasteiger partial charge < -0.3 is 10.5 Å². The first-order valence-corrected chi connectivity index (χ1v) is 6.64. The lowest BCUT2D eigenvalue weighted by Gasteiger charge is -2.12. The Hall–Kier alpha value is -1.83. The zero-order chi connectivity index (χ0) is 13.9. The number of nitrogens with zero attached hydrogens (tertiary/aromatic N) is 1. The lowest BCUT2D eigenvalue weighted by atomic mass is 10.2. The quantitative estimate of drug-likeness (QED) is 0.762. The van der Waals surface area contributed by atoms with Crippen molar-refractivity contribution in [2.45, 2.75) is 19.1 Å². The van der Waals surface area contributed by atoms with Gasteiger partial charge in [-0.2, -0.15) is 0 Å². The maximum Gasteiger partial charge on any atom is 0.325 e. The van der Waals surface area contributed by atoms with E-state index in [9.17, 15) is 13.2 Å². The zero-order valence-electron chi connectivity index (χ0n) is 10.3. The van der Waals surface area contributed by atoms with Gasteiger partial charge in [-0.25, -0.2) is 13.4 Å². The number of hydrogen-bond donors (Lipinski definition) is 2. The molecule has 100 valence electrons. The van der Waals surface area contributed by atoms with Crippen molar-refractivity contribution >= 4 is 27.5 Å². The summed E-state index contributed by atoms with van der Waals surface area (Å²) in [4.78, 5) is 15.0. The number of esters is 1. The lowest BCUT2D eigenvalue weighted by Crippen LogP contribution is -2.33. The molecule has 0 spiro atoms. The van der Waals surface area contributed by atoms with Crippen LogP contribution >= 0.6 is 0 Å². The van der Waals surface area contributed by atoms with E-state index in [0.717, 1.165) is 7.11 Å². The number of nitrogen functional groups attached to an aromatic ring is 1. The van der Waals surface area contributed by atoms with Crippen LogP contribution in [0, 0.1) is 6.92 Å². The van der Waals surface area contributed by atoms with Gasteiger partial charge in [0.25, 0.3) is 0 Å². The van der Waals surface area contributed by atoms with Gasteiger partial charge in [0.05, 0.1) is 19.0 Å². The predicted molar refractivity (Wildman–Crippen MR) is 67.4 cm³/mol. The highest BCUT2D eigenvalue weighted by Crippen LogP contribution is 2.15. The molecule has 0 amide bonds. The van der Waals surface area contributed by atoms with Crippen molar-refractivity contribution in [1.82, 2.24) is 4.98 Å². The van der Waals surface area contributed by atoms with Crippen LogP contribution in [0.25, 0.3) is 0 Å². The molecule has 0 bridgehead atoms. The monoisotopic (exact) mass is 273 g/mol. The fourth-order valence-corrected chi connectivity index (χ4v) is 2.08. The van der Waals surface area contributed by atoms with Crippen LogP contribution in [0.3, 0.4) is 0 Å². The van der Waals surface area contributed by atoms with Crippen molar-refractivity contribution in [3.05, 3.63) is 17.8 Å². The summed E-state index contributed by atoms with van der Waals surface area (Å²) < 4.78 is 30.2. The standard InChI is InChI=1S/C10H15N3O4S/c1-6-4-9(12-5-8(6)11)13-18(15,16)7(2)10(14)17-3/h4-5,7H,11H2,1-3H3,(H,12,13). The van der Waals surface area contributed by atoms with Gasteiger partial charge in [-0.15, -0.1) is 0 Å². The van der Waals surface area contributed by atoms with E-state index in [2.05, 4.69) is 14.4 Å². The Morgan fingerprint density at radius 1 is 1.56 bits per heavy atom. The van der Waals surface area contributed by atoms with Crippen LogP contribution < -0.4 is 10.5 Å². The number of carbonyl (C=O) groups excluding carboxylic acids is 1. The summed E-state index contributed by atoms with van der Waals surface area (Å²) in [6.07, 6.45) is 1.34. The first-order valence-electron chi connectivity index (χ1n) is 5.09. The van der Waals surface area contributed by atoms with Crippen LogP contribution in [0.5, 0.6) is 0 Å². The number of nitrogens with two attached hydrogens (primary N) is 1. The van der Waals surface area contributed by atoms with E-state index in [1.165, 1.54) is 19.2 Å². The van der Waals surface area contributed by atoms with Gasteiger partial charge in [-0.3, -0.25) is 9.52 Å². The van der Waals surface area contributed by atoms with Crippen molar-refractivity contribution in [1.29, 1.82) is 0 Å². The molecule has 1 atom stereocenters. The minimum absolute atomic E-state index is 0.109. The molecule has 7 nitrogen and oxygen atoms in total. The number of ether oxygens (including phenoxy) is 1. The number of hydrogen-bond acceptors (Lipinski definition) is 6. The Morgan fingerprint density at radius 2 is 2.17 bits per heavy atom. The minimum Gasteiger partial charge on any atom is -0.468 e. The van der Waals surface area contributed by atoms with E-state index in [-0.39, 0.29) is 5.82 Å². The molecule has 1 unspecified atom stereocenters. The largest absolute Gasteiger partial charge is 0.468 e. The van der Waals surface area contributed by atoms with Gasteiger partial charge in [0.15, 0.2) is 5.25 Å². The van der Waals surface area contributed by atoms with Crippen LogP contribution in [-0.2, 0) is 19.6 Å². The molecule has 0 saturated carbocycles. The highest BCUT2D eigenvalue weighted by Gasteiger charge is 2.29. The van der Waals surface area contributed by atoms with Gasteiger partial charge >= 0.3 is 5.97 Å². The van der Waals surface area contributed by atoms with Gasteiger partial charge in [-0.05, 0) is 25.5 Å². The van der Waals surface area contributed by atoms with E-state index >= 15 is 0 Å². The fraction of sp³-hybridized carbons (Fsp3) is 0.400. The SMILES string of the molecule is COC(=O)C(C)S(=O)(=O)Nc1cc(C)c(N)cn1. The third-order valence-corrected chi connectivity index (χ3v) is 4.01. The van der Waals surface area contributed by atoms with Crippen molar-refractivity contribution in [2.24, 2.45) is 0 Å². The Labute approximate surface area is 105 Å². The summed E-state index contributed by atoms with van der Waals surface area (Å²) in [5.74, 6) is -0.730. The average Bonchev–Trinajstić information content (AvgIpc) is 2.31. The molecule has 8 heteroatoms. The molecule has 1 rings (SSSR count). The van der Waals surface area contributed by atoms with E-state index in [0.29, 0.717) is 11.3 Å². The van der Waals surface area contributed by atoms with Crippen molar-refractivity contribution in [2.75, 3.05) is 17.6 Å². The number of nitrogens with one attached hydrogen (secondary N) is 1. The maximum absolute atomic E-state index is 11.8. The van der Waals surface area contributed by atoms with E-state index in [1.807, 2.05) is 0 Å². The number of rotatable bonds is 4. The second-order valence-electron chi connectivity index (χ2n) is 3.74. The Morgan fingerprint density at radius 3 is 2.67 bits per heavy atom. The molecule has 0 fully saturated rings. The summed E-state index contributed by atoms with van der Waals surface area (Å²) in [5, 5.41) is -1.32. The van der Waals surface area contributed by atoms with Crippen LogP contribution in [0.2, 0.25) is 0 Å². The molecule has 1 aromatic rings. The molecule has 3 N–H and O–H groups in total. The number of methoxy groups -OCH3 is 1. The highest BCUT2D eigenvalue weighted by molar-refractivity contribution is 7.94. The van der Waals surface area contributed by atoms with Gasteiger partial charge in [0.2, 0.25) is 10.0 Å². The molecular weight excluding hydrogens is 258 g/mol. The predicted octanol–water partition coefficient (Wildman–Crippen LogP) is 0.275. The molecule has 0 aliphatic carbocycles. The Bertz CT molecular complexity index is 556. The summed E-state index contributed by atoms with van der Waals surface area (Å²) in [7, 11) is -2.76. The summed E-state index contributed by atoms with van der Waals surface area (Å²) in [6.45, 7) is 2.96. The van der Waals surface area contributed by atoms with E-state index < -0.39 is 21.2 Å². The molecule has 1 heterocycles. The number of sulfonamides is 1. The van der Waals surface area contributed by atoms with Crippen molar-refractivity contribution in [3.8, 4) is 0 Å². The molecule has 18 heavy (non-hydrogen) atoms. The molecular formula is C10H15N3O4S. The first-order chi connectivity index (χ1) is 8.27. The van der Waals surface area contributed by atoms with Crippen LogP contribution in [0.4, 0.5) is 11.5 Å². The van der Waals surface area contributed by atoms with Crippen LogP contribution in [0.1, 0.15) is 12.5 Å². The number of carbonyl (C=O) groups is 1.